The maximum Gasteiger partial charge on any atom is 0.151 e. The second-order valence-electron chi connectivity index (χ2n) is 3.58. The molecule has 1 aromatic heterocycles. The van der Waals surface area contributed by atoms with E-state index in [1.54, 1.807) is 12.4 Å². The summed E-state index contributed by atoms with van der Waals surface area (Å²) in [6, 6.07) is 9.54. The van der Waals surface area contributed by atoms with E-state index < -0.39 is 0 Å². The van der Waals surface area contributed by atoms with Crippen LogP contribution in [0.1, 0.15) is 17.3 Å². The van der Waals surface area contributed by atoms with Gasteiger partial charge in [0.2, 0.25) is 0 Å². The highest BCUT2D eigenvalue weighted by molar-refractivity contribution is 5.77. The van der Waals surface area contributed by atoms with Crippen LogP contribution in [0.15, 0.2) is 42.7 Å². The molecule has 0 aliphatic carbocycles. The van der Waals surface area contributed by atoms with Crippen LogP contribution < -0.4 is 4.74 Å². The number of carbonyl (C=O) groups is 1. The average Bonchev–Trinajstić information content (AvgIpc) is 2.40. The van der Waals surface area contributed by atoms with Crippen LogP contribution in [-0.2, 0) is 0 Å². The molecule has 0 unspecified atom stereocenters. The zero-order valence-electron chi connectivity index (χ0n) is 9.59. The van der Waals surface area contributed by atoms with Gasteiger partial charge in [-0.05, 0) is 30.7 Å². The highest BCUT2D eigenvalue weighted by Crippen LogP contribution is 2.22. The first kappa shape index (κ1) is 11.3. The van der Waals surface area contributed by atoms with E-state index in [2.05, 4.69) is 4.98 Å². The van der Waals surface area contributed by atoms with Gasteiger partial charge in [0, 0.05) is 23.5 Å². The van der Waals surface area contributed by atoms with E-state index in [1.165, 1.54) is 0 Å². The molecule has 1 heterocycles. The Kier molecular flexibility index (Phi) is 3.50. The first-order chi connectivity index (χ1) is 8.33. The fourth-order valence-electron chi connectivity index (χ4n) is 1.59. The summed E-state index contributed by atoms with van der Waals surface area (Å²) in [4.78, 5) is 14.7. The van der Waals surface area contributed by atoms with Gasteiger partial charge in [-0.1, -0.05) is 12.1 Å². The molecule has 0 radical (unpaired) electrons. The van der Waals surface area contributed by atoms with Gasteiger partial charge in [-0.3, -0.25) is 9.78 Å². The number of rotatable bonds is 4. The van der Waals surface area contributed by atoms with Crippen LogP contribution in [-0.4, -0.2) is 17.9 Å². The van der Waals surface area contributed by atoms with Crippen molar-refractivity contribution in [3.63, 3.8) is 0 Å². The van der Waals surface area contributed by atoms with Crippen LogP contribution in [0.5, 0.6) is 5.75 Å². The lowest BCUT2D eigenvalue weighted by Crippen LogP contribution is -1.91. The lowest BCUT2D eigenvalue weighted by Gasteiger charge is -2.05. The molecule has 2 rings (SSSR count). The maximum atomic E-state index is 10.7. The number of carbonyl (C=O) groups excluding carboxylic acids is 1. The smallest absolute Gasteiger partial charge is 0.151 e. The summed E-state index contributed by atoms with van der Waals surface area (Å²) in [5, 5.41) is 0. The number of hydrogen-bond donors (Lipinski definition) is 0. The molecule has 0 saturated heterocycles. The number of pyridine rings is 1. The Bertz CT molecular complexity index is 506. The predicted molar refractivity (Wildman–Crippen MR) is 66.2 cm³/mol. The van der Waals surface area contributed by atoms with Crippen molar-refractivity contribution in [2.45, 2.75) is 6.92 Å². The number of hydrogen-bond acceptors (Lipinski definition) is 3. The summed E-state index contributed by atoms with van der Waals surface area (Å²) < 4.78 is 5.37. The Morgan fingerprint density at radius 1 is 1.18 bits per heavy atom. The van der Waals surface area contributed by atoms with Gasteiger partial charge in [0.05, 0.1) is 6.61 Å². The minimum Gasteiger partial charge on any atom is -0.494 e. The topological polar surface area (TPSA) is 39.2 Å². The zero-order valence-corrected chi connectivity index (χ0v) is 9.59. The molecule has 0 spiro atoms. The largest absolute Gasteiger partial charge is 0.494 e. The van der Waals surface area contributed by atoms with Gasteiger partial charge in [0.15, 0.2) is 6.29 Å². The number of benzene rings is 1. The molecule has 0 amide bonds. The Morgan fingerprint density at radius 3 is 2.59 bits per heavy atom. The first-order valence-electron chi connectivity index (χ1n) is 5.47. The number of aldehydes is 1. The molecule has 0 N–H and O–H groups in total. The van der Waals surface area contributed by atoms with E-state index in [9.17, 15) is 4.79 Å². The molecule has 2 aromatic rings. The molecule has 0 aliphatic heterocycles. The lowest BCUT2D eigenvalue weighted by atomic mass is 10.1. The first-order valence-corrected chi connectivity index (χ1v) is 5.47. The Labute approximate surface area is 100 Å². The molecule has 3 heteroatoms. The van der Waals surface area contributed by atoms with Gasteiger partial charge in [-0.15, -0.1) is 0 Å². The van der Waals surface area contributed by atoms with Crippen molar-refractivity contribution in [2.24, 2.45) is 0 Å². The van der Waals surface area contributed by atoms with Gasteiger partial charge in [0.1, 0.15) is 5.75 Å². The van der Waals surface area contributed by atoms with E-state index in [-0.39, 0.29) is 0 Å². The normalized spacial score (nSPS) is 9.94. The highest BCUT2D eigenvalue weighted by atomic mass is 16.5. The molecule has 17 heavy (non-hydrogen) atoms. The van der Waals surface area contributed by atoms with E-state index in [1.807, 2.05) is 37.3 Å². The molecule has 1 aromatic carbocycles. The molecular weight excluding hydrogens is 214 g/mol. The van der Waals surface area contributed by atoms with Crippen LogP contribution in [0.3, 0.4) is 0 Å². The van der Waals surface area contributed by atoms with Crippen LogP contribution in [0.2, 0.25) is 0 Å². The van der Waals surface area contributed by atoms with Crippen molar-refractivity contribution < 1.29 is 9.53 Å². The van der Waals surface area contributed by atoms with E-state index in [4.69, 9.17) is 4.74 Å². The van der Waals surface area contributed by atoms with Crippen molar-refractivity contribution >= 4 is 6.29 Å². The number of aromatic nitrogens is 1. The third-order valence-electron chi connectivity index (χ3n) is 2.39. The van der Waals surface area contributed by atoms with Crippen LogP contribution >= 0.6 is 0 Å². The van der Waals surface area contributed by atoms with Crippen molar-refractivity contribution in [1.29, 1.82) is 0 Å². The minimum atomic E-state index is 0.580. The fraction of sp³-hybridized carbons (Fsp3) is 0.143. The second-order valence-corrected chi connectivity index (χ2v) is 3.58. The Morgan fingerprint density at radius 2 is 1.94 bits per heavy atom. The number of nitrogens with zero attached hydrogens (tertiary/aromatic N) is 1. The Hall–Kier alpha value is -2.16. The van der Waals surface area contributed by atoms with E-state index >= 15 is 0 Å². The predicted octanol–water partition coefficient (Wildman–Crippen LogP) is 2.96. The van der Waals surface area contributed by atoms with Gasteiger partial charge in [-0.25, -0.2) is 0 Å². The summed E-state index contributed by atoms with van der Waals surface area (Å²) in [6.07, 6.45) is 4.08. The van der Waals surface area contributed by atoms with Crippen LogP contribution in [0.25, 0.3) is 11.1 Å². The molecule has 0 saturated carbocycles. The van der Waals surface area contributed by atoms with Gasteiger partial charge >= 0.3 is 0 Å². The van der Waals surface area contributed by atoms with Crippen molar-refractivity contribution in [1.82, 2.24) is 4.98 Å². The molecule has 0 fully saturated rings. The molecule has 3 nitrogen and oxygen atoms in total. The van der Waals surface area contributed by atoms with Crippen molar-refractivity contribution in [3.8, 4) is 16.9 Å². The molecular formula is C14H13NO2. The Balaban J connectivity index is 2.29. The van der Waals surface area contributed by atoms with Crippen molar-refractivity contribution in [2.75, 3.05) is 6.61 Å². The third-order valence-corrected chi connectivity index (χ3v) is 2.39. The number of ether oxygens (including phenoxy) is 1. The lowest BCUT2D eigenvalue weighted by molar-refractivity contribution is 0.112. The quantitative estimate of drug-likeness (QED) is 0.754. The zero-order chi connectivity index (χ0) is 12.1. The highest BCUT2D eigenvalue weighted by Gasteiger charge is 2.00. The summed E-state index contributed by atoms with van der Waals surface area (Å²) in [5.41, 5.74) is 2.53. The molecule has 0 aliphatic rings. The molecule has 0 atom stereocenters. The van der Waals surface area contributed by atoms with Crippen LogP contribution in [0, 0.1) is 0 Å². The maximum absolute atomic E-state index is 10.7. The van der Waals surface area contributed by atoms with Gasteiger partial charge in [0.25, 0.3) is 0 Å². The minimum absolute atomic E-state index is 0.580. The van der Waals surface area contributed by atoms with Gasteiger partial charge < -0.3 is 4.74 Å². The van der Waals surface area contributed by atoms with E-state index in [0.717, 1.165) is 23.2 Å². The van der Waals surface area contributed by atoms with Gasteiger partial charge in [-0.2, -0.15) is 0 Å². The summed E-state index contributed by atoms with van der Waals surface area (Å²) >= 11 is 0. The van der Waals surface area contributed by atoms with Crippen LogP contribution in [0.4, 0.5) is 0 Å². The molecule has 0 bridgehead atoms. The molecule has 86 valence electrons. The summed E-state index contributed by atoms with van der Waals surface area (Å²) in [7, 11) is 0. The SMILES string of the molecule is CCOc1ccc(-c2cncc(C=O)c2)cc1. The average molecular weight is 227 g/mol. The monoisotopic (exact) mass is 227 g/mol. The van der Waals surface area contributed by atoms with Crippen molar-refractivity contribution in [3.05, 3.63) is 48.3 Å². The standard InChI is InChI=1S/C14H13NO2/c1-2-17-14-5-3-12(4-6-14)13-7-11(10-16)8-15-9-13/h3-10H,2H2,1H3. The fourth-order valence-corrected chi connectivity index (χ4v) is 1.59. The van der Waals surface area contributed by atoms with E-state index in [0.29, 0.717) is 12.2 Å². The third kappa shape index (κ3) is 2.69. The summed E-state index contributed by atoms with van der Waals surface area (Å²) in [5.74, 6) is 0.843. The second kappa shape index (κ2) is 5.25. The summed E-state index contributed by atoms with van der Waals surface area (Å²) in [6.45, 7) is 2.60.